The van der Waals surface area contributed by atoms with Gasteiger partial charge in [0.25, 0.3) is 0 Å². The van der Waals surface area contributed by atoms with Crippen LogP contribution < -0.4 is 9.47 Å². The highest BCUT2D eigenvalue weighted by molar-refractivity contribution is 5.95. The number of aryl methyl sites for hydroxylation is 2. The molecule has 0 aliphatic heterocycles. The van der Waals surface area contributed by atoms with Gasteiger partial charge in [-0.1, -0.05) is 88.8 Å². The molecule has 3 aromatic carbocycles. The minimum Gasteiger partial charge on any atom is -0.463 e. The first-order valence-corrected chi connectivity index (χ1v) is 22.2. The predicted molar refractivity (Wildman–Crippen MR) is 234 cm³/mol. The molecule has 2 aliphatic rings. The average Bonchev–Trinajstić information content (AvgIpc) is 3.29. The zero-order valence-corrected chi connectivity index (χ0v) is 35.7. The Bertz CT molecular complexity index is 1920. The summed E-state index contributed by atoms with van der Waals surface area (Å²) >= 11 is 0. The first-order valence-electron chi connectivity index (χ1n) is 22.2. The van der Waals surface area contributed by atoms with E-state index in [0.717, 1.165) is 62.5 Å². The molecule has 2 saturated carbocycles. The molecule has 0 saturated heterocycles. The van der Waals surface area contributed by atoms with E-state index in [0.29, 0.717) is 48.0 Å². The molecule has 0 unspecified atom stereocenters. The lowest BCUT2D eigenvalue weighted by Gasteiger charge is -2.28. The number of ether oxygens (including phenoxy) is 5. The van der Waals surface area contributed by atoms with Gasteiger partial charge in [-0.15, -0.1) is 0 Å². The highest BCUT2D eigenvalue weighted by Gasteiger charge is 2.24. The maximum atomic E-state index is 13.4. The molecule has 2 fully saturated rings. The fraction of sp³-hybridized carbons (Fsp3) is 0.471. The lowest BCUT2D eigenvalue weighted by Crippen LogP contribution is -2.16. The Morgan fingerprint density at radius 2 is 0.902 bits per heavy atom. The number of esters is 5. The average molecular weight is 835 g/mol. The molecule has 0 radical (unpaired) electrons. The number of hydrogen-bond acceptors (Lipinski definition) is 10. The summed E-state index contributed by atoms with van der Waals surface area (Å²) in [7, 11) is 0. The summed E-state index contributed by atoms with van der Waals surface area (Å²) in [4.78, 5) is 61.8. The van der Waals surface area contributed by atoms with Gasteiger partial charge in [0, 0.05) is 12.2 Å². The summed E-state index contributed by atoms with van der Waals surface area (Å²) in [6, 6.07) is 19.0. The van der Waals surface area contributed by atoms with Crippen LogP contribution in [-0.2, 0) is 36.6 Å². The van der Waals surface area contributed by atoms with E-state index >= 15 is 0 Å². The Hall–Kier alpha value is -5.51. The van der Waals surface area contributed by atoms with Gasteiger partial charge < -0.3 is 23.7 Å². The molecule has 0 atom stereocenters. The van der Waals surface area contributed by atoms with Crippen molar-refractivity contribution < 1.29 is 47.7 Å². The van der Waals surface area contributed by atoms with E-state index in [1.807, 2.05) is 24.3 Å². The van der Waals surface area contributed by atoms with Crippen LogP contribution in [0, 0.1) is 23.7 Å². The molecule has 0 aromatic heterocycles. The fourth-order valence-corrected chi connectivity index (χ4v) is 8.51. The Morgan fingerprint density at radius 1 is 0.508 bits per heavy atom. The Balaban J connectivity index is 1.09. The SMILES string of the molecule is C=CC(=O)OCCCC1CCC(CCc2ccc(C(=O)Oc3ccc(C(=O)OCC)cc3OC(=O)c3ccc(CCC4CCC(CCCOC(=O)C=C)CC4)cc3)cc2)CC1. The molecule has 5 rings (SSSR count). The third-order valence-electron chi connectivity index (χ3n) is 12.2. The van der Waals surface area contributed by atoms with Gasteiger partial charge in [-0.3, -0.25) is 0 Å². The summed E-state index contributed by atoms with van der Waals surface area (Å²) in [5.41, 5.74) is 3.11. The molecule has 61 heavy (non-hydrogen) atoms. The zero-order chi connectivity index (χ0) is 43.4. The fourth-order valence-electron chi connectivity index (χ4n) is 8.51. The van der Waals surface area contributed by atoms with E-state index in [-0.39, 0.29) is 35.6 Å². The van der Waals surface area contributed by atoms with Crippen LogP contribution in [0.25, 0.3) is 0 Å². The van der Waals surface area contributed by atoms with Crippen molar-refractivity contribution in [2.75, 3.05) is 19.8 Å². The number of carbonyl (C=O) groups excluding carboxylic acids is 5. The molecule has 10 nitrogen and oxygen atoms in total. The van der Waals surface area contributed by atoms with Crippen molar-refractivity contribution in [3.05, 3.63) is 120 Å². The van der Waals surface area contributed by atoms with Gasteiger partial charge >= 0.3 is 29.8 Å². The second kappa shape index (κ2) is 24.7. The second-order valence-corrected chi connectivity index (χ2v) is 16.4. The summed E-state index contributed by atoms with van der Waals surface area (Å²) in [5.74, 6) is 0.0432. The first-order chi connectivity index (χ1) is 29.6. The molecule has 0 amide bonds. The molecule has 3 aromatic rings. The van der Waals surface area contributed by atoms with Gasteiger partial charge in [0.05, 0.1) is 36.5 Å². The molecule has 10 heteroatoms. The van der Waals surface area contributed by atoms with Crippen LogP contribution in [0.15, 0.2) is 92.0 Å². The molecule has 0 heterocycles. The molecule has 0 spiro atoms. The molecular formula is C51H62O10. The molecule has 2 aliphatic carbocycles. The van der Waals surface area contributed by atoms with Gasteiger partial charge in [0.15, 0.2) is 11.5 Å². The summed E-state index contributed by atoms with van der Waals surface area (Å²) < 4.78 is 26.9. The summed E-state index contributed by atoms with van der Waals surface area (Å²) in [5, 5.41) is 0. The quantitative estimate of drug-likeness (QED) is 0.0317. The van der Waals surface area contributed by atoms with Gasteiger partial charge in [-0.2, -0.15) is 0 Å². The lowest BCUT2D eigenvalue weighted by atomic mass is 9.78. The predicted octanol–water partition coefficient (Wildman–Crippen LogP) is 10.8. The number of benzene rings is 3. The van der Waals surface area contributed by atoms with Gasteiger partial charge in [-0.05, 0) is 136 Å². The van der Waals surface area contributed by atoms with Crippen LogP contribution in [0.2, 0.25) is 0 Å². The monoisotopic (exact) mass is 834 g/mol. The van der Waals surface area contributed by atoms with Crippen LogP contribution in [0.3, 0.4) is 0 Å². The van der Waals surface area contributed by atoms with Crippen molar-refractivity contribution in [2.24, 2.45) is 23.7 Å². The Kier molecular flexibility index (Phi) is 18.8. The number of rotatable bonds is 22. The smallest absolute Gasteiger partial charge is 0.343 e. The standard InChI is InChI=1S/C51H62O10/c1-4-47(52)58-33-7-9-36-11-15-38(16-12-36)19-21-40-23-27-42(28-24-40)50(55)60-45-32-31-44(49(54)57-6-3)35-46(45)61-51(56)43-29-25-41(26-30-43)22-20-39-17-13-37(14-18-39)10-8-34-59-48(53)5-2/h4-5,23-32,35-39H,1-2,6-22,33-34H2,3H3. The third-order valence-corrected chi connectivity index (χ3v) is 12.2. The van der Waals surface area contributed by atoms with Gasteiger partial charge in [0.1, 0.15) is 0 Å². The van der Waals surface area contributed by atoms with Crippen LogP contribution in [-0.4, -0.2) is 49.7 Å². The van der Waals surface area contributed by atoms with Crippen molar-refractivity contribution in [1.29, 1.82) is 0 Å². The van der Waals surface area contributed by atoms with E-state index in [1.165, 1.54) is 81.7 Å². The highest BCUT2D eigenvalue weighted by Crippen LogP contribution is 2.36. The van der Waals surface area contributed by atoms with Crippen molar-refractivity contribution in [3.8, 4) is 11.5 Å². The van der Waals surface area contributed by atoms with Crippen LogP contribution >= 0.6 is 0 Å². The van der Waals surface area contributed by atoms with E-state index in [9.17, 15) is 24.0 Å². The first kappa shape index (κ1) is 46.6. The maximum absolute atomic E-state index is 13.4. The van der Waals surface area contributed by atoms with Crippen molar-refractivity contribution in [3.63, 3.8) is 0 Å². The van der Waals surface area contributed by atoms with Crippen LogP contribution in [0.5, 0.6) is 11.5 Å². The Morgan fingerprint density at radius 3 is 1.31 bits per heavy atom. The third kappa shape index (κ3) is 15.5. The number of carbonyl (C=O) groups is 5. The van der Waals surface area contributed by atoms with E-state index in [4.69, 9.17) is 23.7 Å². The minimum atomic E-state index is -0.646. The number of hydrogen-bond donors (Lipinski definition) is 0. The van der Waals surface area contributed by atoms with Crippen molar-refractivity contribution >= 4 is 29.8 Å². The normalized spacial score (nSPS) is 18.6. The topological polar surface area (TPSA) is 132 Å². The minimum absolute atomic E-state index is 0.00586. The van der Waals surface area contributed by atoms with Crippen LogP contribution in [0.4, 0.5) is 0 Å². The summed E-state index contributed by atoms with van der Waals surface area (Å²) in [6.45, 7) is 9.63. The maximum Gasteiger partial charge on any atom is 0.343 e. The molecule has 0 N–H and O–H groups in total. The Labute approximate surface area is 361 Å². The highest BCUT2D eigenvalue weighted by atomic mass is 16.6. The molecule has 326 valence electrons. The van der Waals surface area contributed by atoms with Crippen molar-refractivity contribution in [2.45, 2.75) is 110 Å². The molecule has 0 bridgehead atoms. The van der Waals surface area contributed by atoms with Crippen molar-refractivity contribution in [1.82, 2.24) is 0 Å². The van der Waals surface area contributed by atoms with E-state index in [2.05, 4.69) is 13.2 Å². The second-order valence-electron chi connectivity index (χ2n) is 16.4. The van der Waals surface area contributed by atoms with Gasteiger partial charge in [-0.25, -0.2) is 24.0 Å². The summed E-state index contributed by atoms with van der Waals surface area (Å²) in [6.07, 6.45) is 19.8. The largest absolute Gasteiger partial charge is 0.463 e. The van der Waals surface area contributed by atoms with E-state index < -0.39 is 17.9 Å². The van der Waals surface area contributed by atoms with Crippen LogP contribution in [0.1, 0.15) is 139 Å². The van der Waals surface area contributed by atoms with E-state index in [1.54, 1.807) is 31.2 Å². The zero-order valence-electron chi connectivity index (χ0n) is 35.7. The van der Waals surface area contributed by atoms with Gasteiger partial charge in [0.2, 0.25) is 0 Å². The lowest BCUT2D eigenvalue weighted by molar-refractivity contribution is -0.138. The molecular weight excluding hydrogens is 773 g/mol.